The van der Waals surface area contributed by atoms with Crippen molar-refractivity contribution in [1.82, 2.24) is 19.2 Å². The van der Waals surface area contributed by atoms with Crippen molar-refractivity contribution in [3.05, 3.63) is 69.4 Å². The highest BCUT2D eigenvalue weighted by atomic mass is 35.5. The average molecular weight is 416 g/mol. The van der Waals surface area contributed by atoms with Crippen molar-refractivity contribution in [2.24, 2.45) is 7.05 Å². The van der Waals surface area contributed by atoms with E-state index < -0.39 is 17.5 Å². The highest BCUT2D eigenvalue weighted by molar-refractivity contribution is 6.30. The Hall–Kier alpha value is -3.59. The van der Waals surface area contributed by atoms with Crippen molar-refractivity contribution in [3.8, 4) is 11.4 Å². The molecule has 9 nitrogen and oxygen atoms in total. The molecule has 0 atom stereocenters. The number of nitrogens with zero attached hydrogens (tertiary/aromatic N) is 4. The van der Waals surface area contributed by atoms with E-state index >= 15 is 0 Å². The van der Waals surface area contributed by atoms with E-state index in [2.05, 4.69) is 10.4 Å². The molecule has 1 aromatic heterocycles. The van der Waals surface area contributed by atoms with Gasteiger partial charge in [-0.2, -0.15) is 4.68 Å². The minimum atomic E-state index is -0.720. The van der Waals surface area contributed by atoms with E-state index in [0.717, 1.165) is 9.25 Å². The summed E-state index contributed by atoms with van der Waals surface area (Å²) in [6.45, 7) is 0. The predicted octanol–water partition coefficient (Wildman–Crippen LogP) is 1.88. The van der Waals surface area contributed by atoms with Gasteiger partial charge in [0.1, 0.15) is 0 Å². The minimum absolute atomic E-state index is 0.0243. The second kappa shape index (κ2) is 7.80. The maximum atomic E-state index is 12.7. The summed E-state index contributed by atoms with van der Waals surface area (Å²) in [6.07, 6.45) is 0. The van der Waals surface area contributed by atoms with Gasteiger partial charge in [-0.15, -0.1) is 5.10 Å². The number of benzene rings is 2. The topological polar surface area (TPSA) is 109 Å². The third kappa shape index (κ3) is 3.85. The van der Waals surface area contributed by atoms with Gasteiger partial charge in [0.15, 0.2) is 5.75 Å². The smallest absolute Gasteiger partial charge is 0.350 e. The van der Waals surface area contributed by atoms with Crippen LogP contribution in [-0.4, -0.2) is 50.3 Å². The van der Waals surface area contributed by atoms with Crippen LogP contribution in [0.4, 0.5) is 5.69 Å². The molecule has 0 unspecified atom stereocenters. The van der Waals surface area contributed by atoms with Crippen molar-refractivity contribution in [1.29, 1.82) is 0 Å². The molecule has 0 saturated carbocycles. The maximum Gasteiger partial charge on any atom is 0.350 e. The molecular weight excluding hydrogens is 398 g/mol. The van der Waals surface area contributed by atoms with Crippen LogP contribution in [0.3, 0.4) is 0 Å². The van der Waals surface area contributed by atoms with Gasteiger partial charge in [0.05, 0.1) is 16.9 Å². The molecule has 2 N–H and O–H groups in total. The Morgan fingerprint density at radius 1 is 1.14 bits per heavy atom. The summed E-state index contributed by atoms with van der Waals surface area (Å²) in [5.74, 6) is -1.68. The average Bonchev–Trinajstić information content (AvgIpc) is 2.98. The zero-order valence-corrected chi connectivity index (χ0v) is 16.6. The second-order valence-electron chi connectivity index (χ2n) is 6.41. The number of aromatic nitrogens is 3. The zero-order chi connectivity index (χ0) is 21.3. The summed E-state index contributed by atoms with van der Waals surface area (Å²) in [5, 5.41) is 17.4. The number of halogens is 1. The summed E-state index contributed by atoms with van der Waals surface area (Å²) in [6, 6.07) is 10.8. The maximum absolute atomic E-state index is 12.7. The molecule has 150 valence electrons. The molecule has 1 heterocycles. The molecule has 2 aromatic carbocycles. The molecule has 0 fully saturated rings. The molecule has 2 amide bonds. The van der Waals surface area contributed by atoms with E-state index in [9.17, 15) is 19.5 Å². The van der Waals surface area contributed by atoms with Gasteiger partial charge < -0.3 is 15.3 Å². The van der Waals surface area contributed by atoms with Gasteiger partial charge in [-0.05, 0) is 36.4 Å². The molecule has 10 heteroatoms. The fraction of sp³-hybridized carbons (Fsp3) is 0.158. The van der Waals surface area contributed by atoms with Crippen LogP contribution >= 0.6 is 11.6 Å². The Morgan fingerprint density at radius 2 is 1.79 bits per heavy atom. The number of aromatic hydroxyl groups is 1. The number of carbonyl (C=O) groups is 2. The SMILES string of the molecule is CN(C)C(=O)c1cccc(NC(=O)c2nn(-c3ccc(Cl)cc3)c(=O)n2C)c1O. The van der Waals surface area contributed by atoms with Crippen LogP contribution in [0, 0.1) is 0 Å². The normalized spacial score (nSPS) is 10.6. The third-order valence-corrected chi connectivity index (χ3v) is 4.43. The van der Waals surface area contributed by atoms with Gasteiger partial charge in [0, 0.05) is 26.2 Å². The van der Waals surface area contributed by atoms with Crippen LogP contribution in [0.2, 0.25) is 5.02 Å². The first-order chi connectivity index (χ1) is 13.7. The number of amides is 2. The van der Waals surface area contributed by atoms with Gasteiger partial charge in [-0.1, -0.05) is 17.7 Å². The first kappa shape index (κ1) is 20.2. The van der Waals surface area contributed by atoms with Crippen molar-refractivity contribution in [2.75, 3.05) is 19.4 Å². The Labute approximate surface area is 170 Å². The van der Waals surface area contributed by atoms with Crippen molar-refractivity contribution in [3.63, 3.8) is 0 Å². The minimum Gasteiger partial charge on any atom is -0.505 e. The lowest BCUT2D eigenvalue weighted by Gasteiger charge is -2.14. The number of hydrogen-bond donors (Lipinski definition) is 2. The lowest BCUT2D eigenvalue weighted by atomic mass is 10.1. The van der Waals surface area contributed by atoms with E-state index in [1.807, 2.05) is 0 Å². The number of phenolic OH excluding ortho intramolecular Hbond substituents is 1. The van der Waals surface area contributed by atoms with Crippen LogP contribution in [-0.2, 0) is 7.05 Å². The monoisotopic (exact) mass is 415 g/mol. The first-order valence-electron chi connectivity index (χ1n) is 8.47. The number of hydrogen-bond acceptors (Lipinski definition) is 5. The fourth-order valence-corrected chi connectivity index (χ4v) is 2.75. The van der Waals surface area contributed by atoms with Gasteiger partial charge in [-0.25, -0.2) is 4.79 Å². The van der Waals surface area contributed by atoms with Crippen LogP contribution < -0.4 is 11.0 Å². The molecule has 3 rings (SSSR count). The predicted molar refractivity (Wildman–Crippen MR) is 108 cm³/mol. The lowest BCUT2D eigenvalue weighted by molar-refractivity contribution is 0.0824. The molecule has 0 aliphatic rings. The first-order valence-corrected chi connectivity index (χ1v) is 8.85. The number of anilines is 1. The standard InChI is InChI=1S/C19H18ClN5O4/c1-23(2)18(28)13-5-4-6-14(15(13)26)21-17(27)16-22-25(19(29)24(16)3)12-9-7-11(20)8-10-12/h4-10,26H,1-3H3,(H,21,27). The van der Waals surface area contributed by atoms with Crippen LogP contribution in [0.1, 0.15) is 21.0 Å². The van der Waals surface area contributed by atoms with E-state index in [1.165, 1.54) is 30.1 Å². The largest absolute Gasteiger partial charge is 0.505 e. The zero-order valence-electron chi connectivity index (χ0n) is 15.9. The van der Waals surface area contributed by atoms with E-state index in [0.29, 0.717) is 10.7 Å². The quantitative estimate of drug-likeness (QED) is 0.632. The van der Waals surface area contributed by atoms with Crippen LogP contribution in [0.25, 0.3) is 5.69 Å². The Morgan fingerprint density at radius 3 is 2.41 bits per heavy atom. The highest BCUT2D eigenvalue weighted by Gasteiger charge is 2.21. The van der Waals surface area contributed by atoms with Crippen molar-refractivity contribution >= 4 is 29.1 Å². The fourth-order valence-electron chi connectivity index (χ4n) is 2.62. The van der Waals surface area contributed by atoms with Gasteiger partial charge in [-0.3, -0.25) is 14.2 Å². The number of nitrogens with one attached hydrogen (secondary N) is 1. The summed E-state index contributed by atoms with van der Waals surface area (Å²) in [4.78, 5) is 38.6. The second-order valence-corrected chi connectivity index (χ2v) is 6.85. The molecule has 0 aliphatic carbocycles. The molecule has 3 aromatic rings. The number of rotatable bonds is 4. The van der Waals surface area contributed by atoms with Gasteiger partial charge >= 0.3 is 5.69 Å². The van der Waals surface area contributed by atoms with Gasteiger partial charge in [0.2, 0.25) is 5.82 Å². The summed E-state index contributed by atoms with van der Waals surface area (Å²) in [5.41, 5.74) is -0.0294. The molecule has 29 heavy (non-hydrogen) atoms. The Bertz CT molecular complexity index is 1150. The highest BCUT2D eigenvalue weighted by Crippen LogP contribution is 2.28. The van der Waals surface area contributed by atoms with Gasteiger partial charge in [0.25, 0.3) is 11.8 Å². The molecule has 0 aliphatic heterocycles. The Kier molecular flexibility index (Phi) is 5.42. The van der Waals surface area contributed by atoms with Crippen molar-refractivity contribution < 1.29 is 14.7 Å². The lowest BCUT2D eigenvalue weighted by Crippen LogP contribution is -2.24. The Balaban J connectivity index is 1.94. The molecular formula is C19H18ClN5O4. The summed E-state index contributed by atoms with van der Waals surface area (Å²) in [7, 11) is 4.50. The van der Waals surface area contributed by atoms with E-state index in [4.69, 9.17) is 11.6 Å². The summed E-state index contributed by atoms with van der Waals surface area (Å²) < 4.78 is 2.15. The van der Waals surface area contributed by atoms with E-state index in [1.54, 1.807) is 38.4 Å². The summed E-state index contributed by atoms with van der Waals surface area (Å²) >= 11 is 5.86. The van der Waals surface area contributed by atoms with E-state index in [-0.39, 0.29) is 22.8 Å². The van der Waals surface area contributed by atoms with Crippen molar-refractivity contribution in [2.45, 2.75) is 0 Å². The third-order valence-electron chi connectivity index (χ3n) is 4.18. The molecule has 0 spiro atoms. The van der Waals surface area contributed by atoms with Crippen LogP contribution in [0.15, 0.2) is 47.3 Å². The number of carbonyl (C=O) groups excluding carboxylic acids is 2. The number of para-hydroxylation sites is 1. The van der Waals surface area contributed by atoms with Crippen LogP contribution in [0.5, 0.6) is 5.75 Å². The number of phenols is 1. The molecule has 0 bridgehead atoms. The molecule has 0 radical (unpaired) electrons. The molecule has 0 saturated heterocycles.